The molecule has 0 saturated heterocycles. The lowest BCUT2D eigenvalue weighted by atomic mass is 10.2. The van der Waals surface area contributed by atoms with E-state index < -0.39 is 0 Å². The van der Waals surface area contributed by atoms with Crippen molar-refractivity contribution in [3.63, 3.8) is 0 Å². The van der Waals surface area contributed by atoms with Crippen LogP contribution in [0.4, 0.5) is 0 Å². The Morgan fingerprint density at radius 3 is 2.29 bits per heavy atom. The quantitative estimate of drug-likeness (QED) is 0.647. The molecule has 0 aromatic heterocycles. The molecule has 2 N–H and O–H groups in total. The molecule has 0 radical (unpaired) electrons. The van der Waals surface area contributed by atoms with Crippen LogP contribution in [-0.4, -0.2) is 36.2 Å². The maximum Gasteiger partial charge on any atom is 0.231 e. The predicted molar refractivity (Wildman–Crippen MR) is 55.8 cm³/mol. The molecule has 0 atom stereocenters. The van der Waals surface area contributed by atoms with Crippen molar-refractivity contribution < 1.29 is 9.59 Å². The van der Waals surface area contributed by atoms with Crippen molar-refractivity contribution >= 4 is 11.7 Å². The second-order valence-corrected chi connectivity index (χ2v) is 4.05. The number of hydrogen-bond donors (Lipinski definition) is 1. The van der Waals surface area contributed by atoms with Gasteiger partial charge in [0.25, 0.3) is 0 Å². The summed E-state index contributed by atoms with van der Waals surface area (Å²) in [6.45, 7) is 7.36. The van der Waals surface area contributed by atoms with Gasteiger partial charge in [-0.3, -0.25) is 14.5 Å². The van der Waals surface area contributed by atoms with Gasteiger partial charge in [0.1, 0.15) is 5.78 Å². The number of rotatable bonds is 7. The minimum Gasteiger partial charge on any atom is -0.369 e. The minimum absolute atomic E-state index is 0.142. The maximum atomic E-state index is 10.8. The Kier molecular flexibility index (Phi) is 6.12. The molecule has 1 amide bonds. The number of carbonyl (C=O) groups is 2. The monoisotopic (exact) mass is 200 g/mol. The Morgan fingerprint density at radius 2 is 1.93 bits per heavy atom. The van der Waals surface area contributed by atoms with Gasteiger partial charge in [-0.05, 0) is 12.8 Å². The highest BCUT2D eigenvalue weighted by molar-refractivity contribution is 5.77. The summed E-state index contributed by atoms with van der Waals surface area (Å²) in [6, 6.07) is 0. The number of ketones is 1. The van der Waals surface area contributed by atoms with E-state index in [1.54, 1.807) is 6.92 Å². The highest BCUT2D eigenvalue weighted by Crippen LogP contribution is 1.99. The number of nitrogens with two attached hydrogens (primary N) is 1. The first-order valence-corrected chi connectivity index (χ1v) is 4.92. The van der Waals surface area contributed by atoms with Gasteiger partial charge in [-0.1, -0.05) is 13.8 Å². The third kappa shape index (κ3) is 7.73. The summed E-state index contributed by atoms with van der Waals surface area (Å²) in [5.41, 5.74) is 5.11. The molecule has 4 heteroatoms. The van der Waals surface area contributed by atoms with Crippen molar-refractivity contribution in [2.24, 2.45) is 11.7 Å². The molecule has 14 heavy (non-hydrogen) atoms. The zero-order valence-electron chi connectivity index (χ0n) is 9.25. The van der Waals surface area contributed by atoms with E-state index in [1.807, 2.05) is 4.90 Å². The average Bonchev–Trinajstić information content (AvgIpc) is 1.97. The van der Waals surface area contributed by atoms with Gasteiger partial charge in [-0.2, -0.15) is 0 Å². The number of primary amides is 1. The fourth-order valence-electron chi connectivity index (χ4n) is 1.29. The van der Waals surface area contributed by atoms with Crippen LogP contribution in [-0.2, 0) is 9.59 Å². The van der Waals surface area contributed by atoms with Crippen molar-refractivity contribution in [2.45, 2.75) is 27.2 Å². The molecule has 0 aliphatic rings. The smallest absolute Gasteiger partial charge is 0.231 e. The van der Waals surface area contributed by atoms with E-state index in [0.717, 1.165) is 6.54 Å². The number of nitrogens with zero attached hydrogens (tertiary/aromatic N) is 1. The summed E-state index contributed by atoms with van der Waals surface area (Å²) in [4.78, 5) is 23.4. The molecule has 0 rings (SSSR count). The Labute approximate surface area is 85.4 Å². The number of Topliss-reactive ketones (excluding diaryl/α,β-unsaturated/α-hetero) is 1. The van der Waals surface area contributed by atoms with Crippen molar-refractivity contribution in [1.82, 2.24) is 4.90 Å². The predicted octanol–water partition coefficient (Wildman–Crippen LogP) is 0.409. The van der Waals surface area contributed by atoms with Gasteiger partial charge < -0.3 is 5.73 Å². The number of carbonyl (C=O) groups excluding carboxylic acids is 2. The van der Waals surface area contributed by atoms with Gasteiger partial charge in [0.05, 0.1) is 6.54 Å². The van der Waals surface area contributed by atoms with Gasteiger partial charge in [0.2, 0.25) is 5.91 Å². The lowest BCUT2D eigenvalue weighted by molar-refractivity contribution is -0.121. The summed E-state index contributed by atoms with van der Waals surface area (Å²) in [5.74, 6) is 0.277. The molecule has 0 bridgehead atoms. The molecule has 4 nitrogen and oxygen atoms in total. The number of hydrogen-bond acceptors (Lipinski definition) is 3. The van der Waals surface area contributed by atoms with Crippen LogP contribution in [0.2, 0.25) is 0 Å². The highest BCUT2D eigenvalue weighted by Gasteiger charge is 2.10. The van der Waals surface area contributed by atoms with E-state index in [4.69, 9.17) is 5.73 Å². The lowest BCUT2D eigenvalue weighted by Gasteiger charge is -2.21. The summed E-state index contributed by atoms with van der Waals surface area (Å²) < 4.78 is 0. The molecule has 0 unspecified atom stereocenters. The Bertz CT molecular complexity index is 202. The molecule has 0 fully saturated rings. The topological polar surface area (TPSA) is 63.4 Å². The SMILES string of the molecule is CC(=O)CCN(CC(N)=O)CC(C)C. The van der Waals surface area contributed by atoms with Crippen LogP contribution in [0, 0.1) is 5.92 Å². The van der Waals surface area contributed by atoms with Crippen LogP contribution in [0.15, 0.2) is 0 Å². The Morgan fingerprint density at radius 1 is 1.36 bits per heavy atom. The van der Waals surface area contributed by atoms with E-state index in [-0.39, 0.29) is 18.2 Å². The molecule has 0 saturated carbocycles. The fourth-order valence-corrected chi connectivity index (χ4v) is 1.29. The molecule has 0 aromatic carbocycles. The molecule has 0 aromatic rings. The Hall–Kier alpha value is -0.900. The van der Waals surface area contributed by atoms with E-state index in [0.29, 0.717) is 18.9 Å². The summed E-state index contributed by atoms with van der Waals surface area (Å²) in [5, 5.41) is 0. The molecule has 0 spiro atoms. The van der Waals surface area contributed by atoms with E-state index >= 15 is 0 Å². The maximum absolute atomic E-state index is 10.8. The summed E-state index contributed by atoms with van der Waals surface area (Å²) >= 11 is 0. The highest BCUT2D eigenvalue weighted by atomic mass is 16.1. The van der Waals surface area contributed by atoms with Crippen LogP contribution in [0.1, 0.15) is 27.2 Å². The van der Waals surface area contributed by atoms with Gasteiger partial charge in [-0.25, -0.2) is 0 Å². The zero-order chi connectivity index (χ0) is 11.1. The fraction of sp³-hybridized carbons (Fsp3) is 0.800. The largest absolute Gasteiger partial charge is 0.369 e. The average molecular weight is 200 g/mol. The van der Waals surface area contributed by atoms with Crippen LogP contribution in [0.5, 0.6) is 0 Å². The van der Waals surface area contributed by atoms with Crippen molar-refractivity contribution in [3.05, 3.63) is 0 Å². The van der Waals surface area contributed by atoms with E-state index in [1.165, 1.54) is 0 Å². The van der Waals surface area contributed by atoms with Gasteiger partial charge in [0, 0.05) is 19.5 Å². The van der Waals surface area contributed by atoms with Crippen molar-refractivity contribution in [2.75, 3.05) is 19.6 Å². The molecule has 0 aliphatic heterocycles. The van der Waals surface area contributed by atoms with Gasteiger partial charge in [-0.15, -0.1) is 0 Å². The first kappa shape index (κ1) is 13.1. The third-order valence-corrected chi connectivity index (χ3v) is 1.78. The van der Waals surface area contributed by atoms with Crippen LogP contribution >= 0.6 is 0 Å². The second kappa shape index (κ2) is 6.54. The van der Waals surface area contributed by atoms with Gasteiger partial charge >= 0.3 is 0 Å². The molecule has 0 heterocycles. The van der Waals surface area contributed by atoms with Crippen molar-refractivity contribution in [1.29, 1.82) is 0 Å². The molecule has 0 aliphatic carbocycles. The first-order valence-electron chi connectivity index (χ1n) is 4.92. The molecule has 82 valence electrons. The second-order valence-electron chi connectivity index (χ2n) is 4.05. The van der Waals surface area contributed by atoms with Crippen molar-refractivity contribution in [3.8, 4) is 0 Å². The Balaban J connectivity index is 3.96. The zero-order valence-corrected chi connectivity index (χ0v) is 9.25. The summed E-state index contributed by atoms with van der Waals surface area (Å²) in [7, 11) is 0. The molecular weight excluding hydrogens is 180 g/mol. The minimum atomic E-state index is -0.339. The summed E-state index contributed by atoms with van der Waals surface area (Å²) in [6.07, 6.45) is 0.486. The normalized spacial score (nSPS) is 10.9. The third-order valence-electron chi connectivity index (χ3n) is 1.78. The van der Waals surface area contributed by atoms with Crippen LogP contribution < -0.4 is 5.73 Å². The standard InChI is InChI=1S/C10H20N2O2/c1-8(2)6-12(7-10(11)14)5-4-9(3)13/h8H,4-7H2,1-3H3,(H2,11,14). The van der Waals surface area contributed by atoms with E-state index in [2.05, 4.69) is 13.8 Å². The van der Waals surface area contributed by atoms with E-state index in [9.17, 15) is 9.59 Å². The molecular formula is C10H20N2O2. The first-order chi connectivity index (χ1) is 6.41. The van der Waals surface area contributed by atoms with Gasteiger partial charge in [0.15, 0.2) is 0 Å². The lowest BCUT2D eigenvalue weighted by Crippen LogP contribution is -2.37. The number of amides is 1. The van der Waals surface area contributed by atoms with Crippen LogP contribution in [0.3, 0.4) is 0 Å². The van der Waals surface area contributed by atoms with Crippen LogP contribution in [0.25, 0.3) is 0 Å².